The minimum Gasteiger partial charge on any atom is -0.354 e. The van der Waals surface area contributed by atoms with E-state index in [0.717, 1.165) is 17.5 Å². The van der Waals surface area contributed by atoms with Gasteiger partial charge in [-0.2, -0.15) is 5.10 Å². The van der Waals surface area contributed by atoms with E-state index in [4.69, 9.17) is 0 Å². The van der Waals surface area contributed by atoms with Gasteiger partial charge in [-0.3, -0.25) is 13.8 Å². The Hall–Kier alpha value is -3.13. The van der Waals surface area contributed by atoms with Crippen LogP contribution in [-0.4, -0.2) is 37.2 Å². The number of sulfonamides is 1. The first-order chi connectivity index (χ1) is 14.9. The molecule has 0 radical (unpaired) electrons. The van der Waals surface area contributed by atoms with Crippen molar-refractivity contribution in [1.29, 1.82) is 0 Å². The van der Waals surface area contributed by atoms with Crippen LogP contribution in [0.4, 0.5) is 5.69 Å². The van der Waals surface area contributed by atoms with Crippen LogP contribution in [0.5, 0.6) is 0 Å². The van der Waals surface area contributed by atoms with Gasteiger partial charge in [-0.05, 0) is 43.9 Å². The van der Waals surface area contributed by atoms with Gasteiger partial charge in [-0.1, -0.05) is 48.5 Å². The molecule has 0 spiro atoms. The summed E-state index contributed by atoms with van der Waals surface area (Å²) in [5.74, 6) is -0.197. The summed E-state index contributed by atoms with van der Waals surface area (Å²) in [6, 6.07) is 17.5. The molecule has 0 fully saturated rings. The highest BCUT2D eigenvalue weighted by atomic mass is 32.2. The number of nitrogens with zero attached hydrogens (tertiary/aromatic N) is 3. The van der Waals surface area contributed by atoms with Crippen molar-refractivity contribution in [1.82, 2.24) is 15.1 Å². The molecule has 31 heavy (non-hydrogen) atoms. The van der Waals surface area contributed by atoms with E-state index in [1.165, 1.54) is 8.99 Å². The zero-order valence-corrected chi connectivity index (χ0v) is 18.5. The molecule has 1 aromatic heterocycles. The molecule has 1 aliphatic rings. The molecule has 7 nitrogen and oxygen atoms in total. The third-order valence-electron chi connectivity index (χ3n) is 5.58. The van der Waals surface area contributed by atoms with Crippen LogP contribution >= 0.6 is 0 Å². The van der Waals surface area contributed by atoms with Crippen LogP contribution in [-0.2, 0) is 34.2 Å². The van der Waals surface area contributed by atoms with Gasteiger partial charge in [0.15, 0.2) is 0 Å². The van der Waals surface area contributed by atoms with Crippen LogP contribution in [0, 0.1) is 13.8 Å². The fourth-order valence-electron chi connectivity index (χ4n) is 4.06. The highest BCUT2D eigenvalue weighted by Gasteiger charge is 2.35. The zero-order chi connectivity index (χ0) is 22.0. The summed E-state index contributed by atoms with van der Waals surface area (Å²) < 4.78 is 29.8. The minimum atomic E-state index is -3.76. The van der Waals surface area contributed by atoms with E-state index in [2.05, 4.69) is 10.4 Å². The number of hydrogen-bond donors (Lipinski definition) is 1. The van der Waals surface area contributed by atoms with Gasteiger partial charge in [0, 0.05) is 13.1 Å². The second-order valence-corrected chi connectivity index (χ2v) is 9.50. The van der Waals surface area contributed by atoms with Crippen LogP contribution in [0.2, 0.25) is 0 Å². The molecule has 0 aliphatic carbocycles. The summed E-state index contributed by atoms with van der Waals surface area (Å²) in [5, 5.41) is 7.24. The van der Waals surface area contributed by atoms with Gasteiger partial charge in [-0.25, -0.2) is 8.42 Å². The normalized spacial score (nSPS) is 13.3. The van der Waals surface area contributed by atoms with Crippen molar-refractivity contribution >= 4 is 21.6 Å². The Balaban J connectivity index is 1.48. The molecular formula is C23H26N4O3S. The number of aryl methyl sites for hydroxylation is 1. The molecule has 0 bridgehead atoms. The van der Waals surface area contributed by atoms with Gasteiger partial charge in [-0.15, -0.1) is 0 Å². The fraction of sp³-hybridized carbons (Fsp3) is 0.304. The zero-order valence-electron chi connectivity index (χ0n) is 17.7. The van der Waals surface area contributed by atoms with Gasteiger partial charge >= 0.3 is 0 Å². The van der Waals surface area contributed by atoms with E-state index in [1.807, 2.05) is 54.6 Å². The molecule has 162 valence electrons. The lowest BCUT2D eigenvalue weighted by atomic mass is 10.1. The number of aromatic nitrogens is 2. The fourth-order valence-corrected chi connectivity index (χ4v) is 5.94. The first kappa shape index (κ1) is 21.1. The summed E-state index contributed by atoms with van der Waals surface area (Å²) in [6.07, 6.45) is 1.42. The second kappa shape index (κ2) is 8.55. The largest absolute Gasteiger partial charge is 0.354 e. The van der Waals surface area contributed by atoms with Crippen molar-refractivity contribution in [2.24, 2.45) is 0 Å². The first-order valence-corrected chi connectivity index (χ1v) is 11.8. The molecule has 1 aliphatic heterocycles. The van der Waals surface area contributed by atoms with Crippen LogP contribution in [0.3, 0.4) is 0 Å². The third-order valence-corrected chi connectivity index (χ3v) is 7.65. The molecule has 1 amide bonds. The monoisotopic (exact) mass is 438 g/mol. The average Bonchev–Trinajstić information content (AvgIpc) is 3.30. The van der Waals surface area contributed by atoms with Crippen molar-refractivity contribution < 1.29 is 13.2 Å². The van der Waals surface area contributed by atoms with Crippen LogP contribution in [0.25, 0.3) is 0 Å². The average molecular weight is 439 g/mol. The van der Waals surface area contributed by atoms with Gasteiger partial charge in [0.25, 0.3) is 10.0 Å². The number of para-hydroxylation sites is 1. The Morgan fingerprint density at radius 1 is 1.06 bits per heavy atom. The number of carbonyl (C=O) groups is 1. The molecule has 4 rings (SSSR count). The van der Waals surface area contributed by atoms with E-state index in [9.17, 15) is 13.2 Å². The molecule has 2 aromatic carbocycles. The molecule has 0 unspecified atom stereocenters. The number of hydrogen-bond acceptors (Lipinski definition) is 4. The SMILES string of the molecule is Cc1nn(CC(=O)NCCc2ccccc2)c(C)c1S(=O)(=O)N1CCc2ccccc21. The van der Waals surface area contributed by atoms with E-state index in [0.29, 0.717) is 36.6 Å². The maximum Gasteiger partial charge on any atom is 0.268 e. The number of fused-ring (bicyclic) bond motifs is 1. The van der Waals surface area contributed by atoms with Crippen LogP contribution in [0.15, 0.2) is 59.5 Å². The second-order valence-electron chi connectivity index (χ2n) is 7.70. The lowest BCUT2D eigenvalue weighted by molar-refractivity contribution is -0.121. The van der Waals surface area contributed by atoms with Gasteiger partial charge in [0.2, 0.25) is 5.91 Å². The number of benzene rings is 2. The summed E-state index contributed by atoms with van der Waals surface area (Å²) >= 11 is 0. The van der Waals surface area contributed by atoms with Crippen LogP contribution in [0.1, 0.15) is 22.5 Å². The lowest BCUT2D eigenvalue weighted by Gasteiger charge is -2.19. The van der Waals surface area contributed by atoms with E-state index in [1.54, 1.807) is 13.8 Å². The van der Waals surface area contributed by atoms with Crippen molar-refractivity contribution in [2.75, 3.05) is 17.4 Å². The molecule has 2 heterocycles. The number of carbonyl (C=O) groups excluding carboxylic acids is 1. The molecule has 0 saturated carbocycles. The van der Waals surface area contributed by atoms with E-state index < -0.39 is 10.0 Å². The number of nitrogens with one attached hydrogen (secondary N) is 1. The van der Waals surface area contributed by atoms with Gasteiger partial charge in [0.05, 0.1) is 17.1 Å². The van der Waals surface area contributed by atoms with Crippen molar-refractivity contribution in [3.05, 3.63) is 77.1 Å². The number of amides is 1. The maximum absolute atomic E-state index is 13.4. The predicted molar refractivity (Wildman–Crippen MR) is 120 cm³/mol. The Morgan fingerprint density at radius 2 is 1.77 bits per heavy atom. The topological polar surface area (TPSA) is 84.3 Å². The quantitative estimate of drug-likeness (QED) is 0.615. The summed E-state index contributed by atoms with van der Waals surface area (Å²) in [4.78, 5) is 12.6. The van der Waals surface area contributed by atoms with Crippen molar-refractivity contribution in [2.45, 2.75) is 38.1 Å². The van der Waals surface area contributed by atoms with Crippen molar-refractivity contribution in [3.8, 4) is 0 Å². The van der Waals surface area contributed by atoms with Crippen LogP contribution < -0.4 is 9.62 Å². The van der Waals surface area contributed by atoms with Crippen molar-refractivity contribution in [3.63, 3.8) is 0 Å². The Kier molecular flexibility index (Phi) is 5.82. The Morgan fingerprint density at radius 3 is 2.55 bits per heavy atom. The number of rotatable bonds is 7. The predicted octanol–water partition coefficient (Wildman–Crippen LogP) is 2.61. The van der Waals surface area contributed by atoms with Gasteiger partial charge in [0.1, 0.15) is 11.4 Å². The molecule has 3 aromatic rings. The first-order valence-electron chi connectivity index (χ1n) is 10.3. The smallest absolute Gasteiger partial charge is 0.268 e. The van der Waals surface area contributed by atoms with Gasteiger partial charge < -0.3 is 5.32 Å². The summed E-state index contributed by atoms with van der Waals surface area (Å²) in [5.41, 5.74) is 3.76. The molecule has 0 atom stereocenters. The highest BCUT2D eigenvalue weighted by Crippen LogP contribution is 2.34. The summed E-state index contributed by atoms with van der Waals surface area (Å²) in [7, 11) is -3.76. The third kappa shape index (κ3) is 4.20. The Bertz CT molecular complexity index is 1200. The van der Waals surface area contributed by atoms with E-state index in [-0.39, 0.29) is 17.3 Å². The lowest BCUT2D eigenvalue weighted by Crippen LogP contribution is -2.31. The highest BCUT2D eigenvalue weighted by molar-refractivity contribution is 7.93. The summed E-state index contributed by atoms with van der Waals surface area (Å²) in [6.45, 7) is 4.27. The maximum atomic E-state index is 13.4. The number of anilines is 1. The minimum absolute atomic E-state index is 0.0203. The molecule has 1 N–H and O–H groups in total. The molecule has 0 saturated heterocycles. The molecule has 8 heteroatoms. The van der Waals surface area contributed by atoms with E-state index >= 15 is 0 Å². The standard InChI is InChI=1S/C23H26N4O3S/c1-17-23(31(29,30)27-15-13-20-10-6-7-11-21(20)27)18(2)26(25-17)16-22(28)24-14-12-19-8-4-3-5-9-19/h3-11H,12-16H2,1-2H3,(H,24,28). The Labute approximate surface area is 182 Å². The molecular weight excluding hydrogens is 412 g/mol.